The maximum atomic E-state index is 5.45. The molecule has 1 atom stereocenters. The van der Waals surface area contributed by atoms with Gasteiger partial charge in [0.1, 0.15) is 0 Å². The largest absolute Gasteiger partial charge is 0.381 e. The topological polar surface area (TPSA) is 34.2 Å². The third kappa shape index (κ3) is 3.79. The van der Waals surface area contributed by atoms with Gasteiger partial charge in [-0.2, -0.15) is 0 Å². The number of hydrogen-bond donors (Lipinski definition) is 1. The Hall–Kier alpha value is -0.930. The van der Waals surface area contributed by atoms with E-state index >= 15 is 0 Å². The summed E-state index contributed by atoms with van der Waals surface area (Å²) in [6, 6.07) is 4.84. The van der Waals surface area contributed by atoms with Crippen molar-refractivity contribution in [2.75, 3.05) is 19.8 Å². The third-order valence-corrected chi connectivity index (χ3v) is 3.70. The highest BCUT2D eigenvalue weighted by Crippen LogP contribution is 2.21. The number of rotatable bonds is 5. The van der Waals surface area contributed by atoms with Gasteiger partial charge in [-0.3, -0.25) is 4.98 Å². The zero-order valence-corrected chi connectivity index (χ0v) is 11.5. The number of hydrogen-bond acceptors (Lipinski definition) is 3. The average molecular weight is 248 g/mol. The zero-order chi connectivity index (χ0) is 12.8. The molecule has 1 aromatic heterocycles. The first kappa shape index (κ1) is 13.5. The normalized spacial score (nSPS) is 18.8. The molecule has 0 amide bonds. The van der Waals surface area contributed by atoms with Gasteiger partial charge in [-0.25, -0.2) is 0 Å². The van der Waals surface area contributed by atoms with Crippen molar-refractivity contribution < 1.29 is 4.74 Å². The molecular weight excluding hydrogens is 224 g/mol. The van der Waals surface area contributed by atoms with Crippen LogP contribution >= 0.6 is 0 Å². The van der Waals surface area contributed by atoms with Crippen LogP contribution in [0.25, 0.3) is 0 Å². The zero-order valence-electron chi connectivity index (χ0n) is 11.5. The molecular formula is C15H24N2O. The van der Waals surface area contributed by atoms with Crippen LogP contribution in [0.1, 0.15) is 31.0 Å². The van der Waals surface area contributed by atoms with Gasteiger partial charge >= 0.3 is 0 Å². The lowest BCUT2D eigenvalue weighted by atomic mass is 9.88. The minimum atomic E-state index is 0.536. The maximum absolute atomic E-state index is 5.45. The summed E-state index contributed by atoms with van der Waals surface area (Å²) in [5, 5.41) is 3.62. The summed E-state index contributed by atoms with van der Waals surface area (Å²) in [7, 11) is 0. The van der Waals surface area contributed by atoms with Gasteiger partial charge in [0, 0.05) is 37.6 Å². The molecule has 1 N–H and O–H groups in total. The number of aryl methyl sites for hydroxylation is 1. The van der Waals surface area contributed by atoms with E-state index in [0.717, 1.165) is 32.1 Å². The van der Waals surface area contributed by atoms with Crippen molar-refractivity contribution in [3.05, 3.63) is 29.6 Å². The molecule has 2 heterocycles. The second kappa shape index (κ2) is 6.86. The minimum Gasteiger partial charge on any atom is -0.381 e. The lowest BCUT2D eigenvalue weighted by Crippen LogP contribution is -2.40. The summed E-state index contributed by atoms with van der Waals surface area (Å²) in [6.45, 7) is 7.10. The highest BCUT2D eigenvalue weighted by atomic mass is 16.5. The number of nitrogens with one attached hydrogen (secondary N) is 1. The van der Waals surface area contributed by atoms with Gasteiger partial charge in [-0.1, -0.05) is 13.0 Å². The molecule has 18 heavy (non-hydrogen) atoms. The monoisotopic (exact) mass is 248 g/mol. The molecule has 3 nitrogen and oxygen atoms in total. The van der Waals surface area contributed by atoms with Gasteiger partial charge in [0.15, 0.2) is 0 Å². The van der Waals surface area contributed by atoms with Crippen molar-refractivity contribution in [1.29, 1.82) is 0 Å². The fourth-order valence-corrected chi connectivity index (χ4v) is 2.63. The van der Waals surface area contributed by atoms with Gasteiger partial charge in [0.05, 0.1) is 0 Å². The van der Waals surface area contributed by atoms with Crippen LogP contribution in [-0.2, 0) is 11.2 Å². The molecule has 0 spiro atoms. The predicted molar refractivity (Wildman–Crippen MR) is 73.7 cm³/mol. The molecule has 1 aromatic rings. The van der Waals surface area contributed by atoms with E-state index < -0.39 is 0 Å². The Bertz CT molecular complexity index is 344. The molecule has 1 fully saturated rings. The fraction of sp³-hybridized carbons (Fsp3) is 0.667. The molecule has 0 saturated carbocycles. The summed E-state index contributed by atoms with van der Waals surface area (Å²) >= 11 is 0. The average Bonchev–Trinajstić information content (AvgIpc) is 2.42. The van der Waals surface area contributed by atoms with Crippen LogP contribution in [0.5, 0.6) is 0 Å². The maximum Gasteiger partial charge on any atom is 0.0469 e. The summed E-state index contributed by atoms with van der Waals surface area (Å²) < 4.78 is 5.45. The van der Waals surface area contributed by atoms with Gasteiger partial charge in [-0.15, -0.1) is 0 Å². The lowest BCUT2D eigenvalue weighted by molar-refractivity contribution is 0.0538. The van der Waals surface area contributed by atoms with Crippen LogP contribution in [0.2, 0.25) is 0 Å². The van der Waals surface area contributed by atoms with E-state index in [2.05, 4.69) is 36.3 Å². The molecule has 0 aliphatic carbocycles. The van der Waals surface area contributed by atoms with Gasteiger partial charge in [0.2, 0.25) is 0 Å². The van der Waals surface area contributed by atoms with E-state index in [1.54, 1.807) is 0 Å². The van der Waals surface area contributed by atoms with Gasteiger partial charge < -0.3 is 10.1 Å². The van der Waals surface area contributed by atoms with E-state index in [9.17, 15) is 0 Å². The molecule has 100 valence electrons. The Morgan fingerprint density at radius 2 is 2.17 bits per heavy atom. The van der Waals surface area contributed by atoms with E-state index in [4.69, 9.17) is 4.74 Å². The molecule has 0 bridgehead atoms. The Balaban J connectivity index is 1.98. The smallest absolute Gasteiger partial charge is 0.0469 e. The molecule has 3 heteroatoms. The molecule has 1 unspecified atom stereocenters. The Morgan fingerprint density at radius 3 is 2.78 bits per heavy atom. The van der Waals surface area contributed by atoms with Crippen LogP contribution in [0.4, 0.5) is 0 Å². The van der Waals surface area contributed by atoms with Crippen molar-refractivity contribution in [2.45, 2.75) is 39.2 Å². The van der Waals surface area contributed by atoms with Gasteiger partial charge in [-0.05, 0) is 43.9 Å². The number of pyridine rings is 1. The van der Waals surface area contributed by atoms with Crippen molar-refractivity contribution >= 4 is 0 Å². The van der Waals surface area contributed by atoms with Crippen molar-refractivity contribution in [2.24, 2.45) is 5.92 Å². The van der Waals surface area contributed by atoms with Crippen molar-refractivity contribution in [3.63, 3.8) is 0 Å². The van der Waals surface area contributed by atoms with Crippen molar-refractivity contribution in [1.82, 2.24) is 10.3 Å². The second-order valence-corrected chi connectivity index (χ2v) is 5.14. The van der Waals surface area contributed by atoms with Crippen LogP contribution in [0.15, 0.2) is 18.3 Å². The predicted octanol–water partition coefficient (Wildman–Crippen LogP) is 2.34. The fourth-order valence-electron chi connectivity index (χ4n) is 2.63. The quantitative estimate of drug-likeness (QED) is 0.868. The Morgan fingerprint density at radius 1 is 1.39 bits per heavy atom. The molecule has 1 saturated heterocycles. The molecule has 0 aromatic carbocycles. The number of nitrogens with zero attached hydrogens (tertiary/aromatic N) is 1. The highest BCUT2D eigenvalue weighted by molar-refractivity contribution is 5.13. The van der Waals surface area contributed by atoms with Crippen LogP contribution in [0, 0.1) is 12.8 Å². The summed E-state index contributed by atoms with van der Waals surface area (Å²) in [5.41, 5.74) is 2.42. The van der Waals surface area contributed by atoms with E-state index in [0.29, 0.717) is 6.04 Å². The second-order valence-electron chi connectivity index (χ2n) is 5.14. The molecule has 1 aliphatic heterocycles. The van der Waals surface area contributed by atoms with E-state index in [1.165, 1.54) is 24.1 Å². The van der Waals surface area contributed by atoms with Crippen LogP contribution in [-0.4, -0.2) is 30.8 Å². The van der Waals surface area contributed by atoms with E-state index in [1.807, 2.05) is 6.20 Å². The van der Waals surface area contributed by atoms with Crippen LogP contribution < -0.4 is 5.32 Å². The minimum absolute atomic E-state index is 0.536. The SMILES string of the molecule is CCNC(Cc1ccc(C)cn1)C1CCOCC1. The van der Waals surface area contributed by atoms with Crippen LogP contribution in [0.3, 0.4) is 0 Å². The number of ether oxygens (including phenoxy) is 1. The molecule has 2 rings (SSSR count). The molecule has 0 radical (unpaired) electrons. The third-order valence-electron chi connectivity index (χ3n) is 3.70. The standard InChI is InChI=1S/C15H24N2O/c1-3-16-15(13-6-8-18-9-7-13)10-14-5-4-12(2)11-17-14/h4-5,11,13,15-16H,3,6-10H2,1-2H3. The highest BCUT2D eigenvalue weighted by Gasteiger charge is 2.23. The lowest BCUT2D eigenvalue weighted by Gasteiger charge is -2.30. The van der Waals surface area contributed by atoms with Gasteiger partial charge in [0.25, 0.3) is 0 Å². The summed E-state index contributed by atoms with van der Waals surface area (Å²) in [4.78, 5) is 4.52. The summed E-state index contributed by atoms with van der Waals surface area (Å²) in [5.74, 6) is 0.724. The first-order chi connectivity index (χ1) is 8.79. The first-order valence-corrected chi connectivity index (χ1v) is 7.02. The van der Waals surface area contributed by atoms with Crippen molar-refractivity contribution in [3.8, 4) is 0 Å². The first-order valence-electron chi connectivity index (χ1n) is 7.02. The summed E-state index contributed by atoms with van der Waals surface area (Å²) in [6.07, 6.45) is 5.33. The Kier molecular flexibility index (Phi) is 5.14. The number of aromatic nitrogens is 1. The molecule has 1 aliphatic rings. The number of likely N-dealkylation sites (N-methyl/N-ethyl adjacent to an activating group) is 1. The van der Waals surface area contributed by atoms with E-state index in [-0.39, 0.29) is 0 Å². The Labute approximate surface area is 110 Å².